The Kier molecular flexibility index (Phi) is 5.72. The van der Waals surface area contributed by atoms with E-state index >= 15 is 0 Å². The number of halogens is 3. The molecular formula is C14H16F3NO3S. The third-order valence-electron chi connectivity index (χ3n) is 2.36. The quantitative estimate of drug-likeness (QED) is 0.859. The lowest BCUT2D eigenvalue weighted by Gasteiger charge is -2.14. The maximum absolute atomic E-state index is 12.4. The molecule has 0 spiro atoms. The van der Waals surface area contributed by atoms with E-state index in [1.807, 2.05) is 13.8 Å². The van der Waals surface area contributed by atoms with Crippen LogP contribution in [0.3, 0.4) is 0 Å². The number of nitrogens with one attached hydrogen (secondary N) is 1. The van der Waals surface area contributed by atoms with Gasteiger partial charge in [0.05, 0.1) is 17.1 Å². The molecule has 4 nitrogen and oxygen atoms in total. The van der Waals surface area contributed by atoms with Crippen LogP contribution in [-0.4, -0.2) is 27.6 Å². The molecule has 0 saturated heterocycles. The minimum atomic E-state index is -4.92. The first-order chi connectivity index (χ1) is 9.99. The minimum Gasteiger partial charge on any atom is -0.404 e. The molecule has 22 heavy (non-hydrogen) atoms. The number of ether oxygens (including phenoxy) is 1. The second kappa shape index (κ2) is 6.92. The van der Waals surface area contributed by atoms with Crippen LogP contribution in [0.5, 0.6) is 5.75 Å². The van der Waals surface area contributed by atoms with Crippen LogP contribution in [0.1, 0.15) is 13.8 Å². The molecule has 0 aliphatic rings. The molecule has 0 aliphatic heterocycles. The summed E-state index contributed by atoms with van der Waals surface area (Å²) in [6.45, 7) is 3.88. The summed E-state index contributed by atoms with van der Waals surface area (Å²) in [6.07, 6.45) is -4.02. The summed E-state index contributed by atoms with van der Waals surface area (Å²) >= 11 is 0. The fourth-order valence-corrected chi connectivity index (χ4v) is 2.12. The fourth-order valence-electron chi connectivity index (χ4n) is 1.48. The fraction of sp³-hybridized carbons (Fsp3) is 0.429. The summed E-state index contributed by atoms with van der Waals surface area (Å²) in [4.78, 5) is -0.259. The van der Waals surface area contributed by atoms with Gasteiger partial charge in [0.25, 0.3) is 0 Å². The van der Waals surface area contributed by atoms with Gasteiger partial charge in [0.2, 0.25) is 0 Å². The van der Waals surface area contributed by atoms with E-state index in [0.29, 0.717) is 0 Å². The Labute approximate surface area is 127 Å². The van der Waals surface area contributed by atoms with Crippen LogP contribution in [0.25, 0.3) is 0 Å². The van der Waals surface area contributed by atoms with Gasteiger partial charge in [-0.25, -0.2) is 8.42 Å². The lowest BCUT2D eigenvalue weighted by atomic mass is 10.2. The molecule has 0 radical (unpaired) electrons. The number of hydrogen-bond donors (Lipinski definition) is 1. The number of alkyl halides is 3. The van der Waals surface area contributed by atoms with Crippen molar-refractivity contribution in [3.05, 3.63) is 18.2 Å². The Hall–Kier alpha value is -1.88. The van der Waals surface area contributed by atoms with E-state index in [1.165, 1.54) is 12.1 Å². The Balaban J connectivity index is 3.08. The largest absolute Gasteiger partial charge is 0.573 e. The van der Waals surface area contributed by atoms with Crippen molar-refractivity contribution in [3.63, 3.8) is 0 Å². The molecule has 1 aromatic rings. The lowest BCUT2D eigenvalue weighted by Crippen LogP contribution is -2.18. The smallest absolute Gasteiger partial charge is 0.404 e. The molecule has 0 heterocycles. The highest BCUT2D eigenvalue weighted by Crippen LogP contribution is 2.32. The molecule has 0 aliphatic carbocycles. The first kappa shape index (κ1) is 18.2. The molecule has 1 aromatic carbocycles. The molecule has 0 fully saturated rings. The summed E-state index contributed by atoms with van der Waals surface area (Å²) in [5, 5.41) is 2.68. The van der Waals surface area contributed by atoms with E-state index in [4.69, 9.17) is 0 Å². The van der Waals surface area contributed by atoms with Gasteiger partial charge in [0.15, 0.2) is 15.6 Å². The van der Waals surface area contributed by atoms with Gasteiger partial charge in [-0.05, 0) is 12.1 Å². The highest BCUT2D eigenvalue weighted by atomic mass is 32.2. The second-order valence-electron chi connectivity index (χ2n) is 4.81. The first-order valence-electron chi connectivity index (χ1n) is 6.31. The Morgan fingerprint density at radius 1 is 1.32 bits per heavy atom. The second-order valence-corrected chi connectivity index (χ2v) is 6.82. The van der Waals surface area contributed by atoms with Crippen molar-refractivity contribution in [1.29, 1.82) is 0 Å². The molecule has 0 unspecified atom stereocenters. The van der Waals surface area contributed by atoms with Crippen LogP contribution in [-0.2, 0) is 9.84 Å². The molecule has 8 heteroatoms. The molecule has 0 aromatic heterocycles. The summed E-state index contributed by atoms with van der Waals surface area (Å²) in [7, 11) is -3.64. The summed E-state index contributed by atoms with van der Waals surface area (Å²) in [6, 6.07) is 3.26. The van der Waals surface area contributed by atoms with Crippen molar-refractivity contribution >= 4 is 15.5 Å². The maximum Gasteiger partial charge on any atom is 0.573 e. The van der Waals surface area contributed by atoms with Gasteiger partial charge < -0.3 is 10.1 Å². The van der Waals surface area contributed by atoms with Gasteiger partial charge in [-0.15, -0.1) is 13.2 Å². The predicted molar refractivity (Wildman–Crippen MR) is 77.3 cm³/mol. The molecule has 1 N–H and O–H groups in total. The van der Waals surface area contributed by atoms with Crippen LogP contribution < -0.4 is 10.1 Å². The van der Waals surface area contributed by atoms with Crippen molar-refractivity contribution in [2.45, 2.75) is 25.1 Å². The van der Waals surface area contributed by atoms with Gasteiger partial charge in [-0.2, -0.15) is 0 Å². The van der Waals surface area contributed by atoms with Crippen LogP contribution >= 0.6 is 0 Å². The lowest BCUT2D eigenvalue weighted by molar-refractivity contribution is -0.274. The predicted octanol–water partition coefficient (Wildman–Crippen LogP) is 3.06. The van der Waals surface area contributed by atoms with Gasteiger partial charge in [-0.1, -0.05) is 25.7 Å². The van der Waals surface area contributed by atoms with Crippen molar-refractivity contribution in [2.75, 3.05) is 18.1 Å². The molecule has 0 saturated carbocycles. The molecule has 0 atom stereocenters. The van der Waals surface area contributed by atoms with Crippen molar-refractivity contribution in [2.24, 2.45) is 5.92 Å². The minimum absolute atomic E-state index is 0.0165. The van der Waals surface area contributed by atoms with Crippen LogP contribution in [0.15, 0.2) is 23.1 Å². The van der Waals surface area contributed by atoms with Crippen LogP contribution in [0, 0.1) is 17.8 Å². The molecule has 122 valence electrons. The van der Waals surface area contributed by atoms with E-state index in [0.717, 1.165) is 12.3 Å². The Morgan fingerprint density at radius 3 is 2.45 bits per heavy atom. The normalized spacial score (nSPS) is 11.8. The molecule has 0 amide bonds. The number of sulfone groups is 1. The molecular weight excluding hydrogens is 319 g/mol. The topological polar surface area (TPSA) is 55.4 Å². The van der Waals surface area contributed by atoms with Gasteiger partial charge >= 0.3 is 6.36 Å². The van der Waals surface area contributed by atoms with Crippen LogP contribution in [0.2, 0.25) is 0 Å². The number of rotatable bonds is 4. The van der Waals surface area contributed by atoms with E-state index < -0.39 is 21.9 Å². The van der Waals surface area contributed by atoms with Crippen molar-refractivity contribution in [1.82, 2.24) is 0 Å². The highest BCUT2D eigenvalue weighted by molar-refractivity contribution is 7.90. The summed E-state index contributed by atoms with van der Waals surface area (Å²) in [5.41, 5.74) is 0.0165. The van der Waals surface area contributed by atoms with E-state index in [-0.39, 0.29) is 23.0 Å². The van der Waals surface area contributed by atoms with Gasteiger partial charge in [0.1, 0.15) is 0 Å². The summed E-state index contributed by atoms with van der Waals surface area (Å²) < 4.78 is 64.0. The highest BCUT2D eigenvalue weighted by Gasteiger charge is 2.32. The first-order valence-corrected chi connectivity index (χ1v) is 8.20. The number of anilines is 1. The average Bonchev–Trinajstić information content (AvgIpc) is 2.32. The zero-order chi connectivity index (χ0) is 17.0. The Morgan fingerprint density at radius 2 is 1.95 bits per heavy atom. The van der Waals surface area contributed by atoms with Crippen molar-refractivity contribution < 1.29 is 26.3 Å². The van der Waals surface area contributed by atoms with Crippen molar-refractivity contribution in [3.8, 4) is 17.6 Å². The van der Waals surface area contributed by atoms with Gasteiger partial charge in [-0.3, -0.25) is 0 Å². The summed E-state index contributed by atoms with van der Waals surface area (Å²) in [5.74, 6) is 5.13. The Bertz CT molecular complexity index is 686. The van der Waals surface area contributed by atoms with Gasteiger partial charge in [0, 0.05) is 18.2 Å². The van der Waals surface area contributed by atoms with E-state index in [1.54, 1.807) is 0 Å². The van der Waals surface area contributed by atoms with E-state index in [9.17, 15) is 21.6 Å². The maximum atomic E-state index is 12.4. The van der Waals surface area contributed by atoms with E-state index in [2.05, 4.69) is 21.9 Å². The zero-order valence-corrected chi connectivity index (χ0v) is 13.1. The average molecular weight is 335 g/mol. The van der Waals surface area contributed by atoms with Crippen LogP contribution in [0.4, 0.5) is 18.9 Å². The zero-order valence-electron chi connectivity index (χ0n) is 12.3. The third kappa shape index (κ3) is 6.26. The molecule has 1 rings (SSSR count). The number of benzene rings is 1. The number of hydrogen-bond acceptors (Lipinski definition) is 4. The molecule has 0 bridgehead atoms. The standard InChI is InChI=1S/C14H16F3NO3S/c1-10(2)5-4-8-18-12-7-6-11(22(3,19)20)9-13(12)21-14(15,16)17/h6-7,9-10,18H,8H2,1-3H3. The SMILES string of the molecule is CC(C)C#CCNc1ccc(S(C)(=O)=O)cc1OC(F)(F)F. The third-order valence-corrected chi connectivity index (χ3v) is 3.48. The monoisotopic (exact) mass is 335 g/mol.